The highest BCUT2D eigenvalue weighted by atomic mass is 79.9. The van der Waals surface area contributed by atoms with E-state index >= 15 is 0 Å². The van der Waals surface area contributed by atoms with E-state index in [-0.39, 0.29) is 29.6 Å². The van der Waals surface area contributed by atoms with E-state index in [2.05, 4.69) is 20.8 Å². The Hall–Kier alpha value is -2.34. The molecule has 1 fully saturated rings. The number of nitrogen functional groups attached to an aromatic ring is 1. The number of likely N-dealkylation sites (tertiary alicyclic amines) is 1. The van der Waals surface area contributed by atoms with Crippen LogP contribution in [0.2, 0.25) is 5.02 Å². The Morgan fingerprint density at radius 1 is 1.29 bits per heavy atom. The summed E-state index contributed by atoms with van der Waals surface area (Å²) in [6.45, 7) is 3.11. The van der Waals surface area contributed by atoms with Gasteiger partial charge in [-0.15, -0.1) is 0 Å². The normalized spacial score (nSPS) is 16.3. The average molecular weight is 588 g/mol. The van der Waals surface area contributed by atoms with Gasteiger partial charge in [-0.3, -0.25) is 9.69 Å². The summed E-state index contributed by atoms with van der Waals surface area (Å²) in [5.74, 6) is -0.972. The number of carbonyl (C=O) groups is 2. The minimum absolute atomic E-state index is 0.0737. The highest BCUT2D eigenvalue weighted by molar-refractivity contribution is 9.10. The van der Waals surface area contributed by atoms with Crippen molar-refractivity contribution < 1.29 is 23.1 Å². The topological polar surface area (TPSA) is 124 Å². The van der Waals surface area contributed by atoms with Crippen LogP contribution in [0.25, 0.3) is 0 Å². The van der Waals surface area contributed by atoms with E-state index in [1.807, 2.05) is 0 Å². The monoisotopic (exact) mass is 586 g/mol. The molecule has 0 saturated carbocycles. The van der Waals surface area contributed by atoms with Crippen molar-refractivity contribution in [2.24, 2.45) is 0 Å². The zero-order valence-electron chi connectivity index (χ0n) is 19.4. The van der Waals surface area contributed by atoms with Crippen LogP contribution in [0.1, 0.15) is 34.8 Å². The van der Waals surface area contributed by atoms with Crippen molar-refractivity contribution in [2.75, 3.05) is 31.6 Å². The molecule has 2 aromatic rings. The van der Waals surface area contributed by atoms with Crippen molar-refractivity contribution >= 4 is 55.2 Å². The van der Waals surface area contributed by atoms with Crippen molar-refractivity contribution in [1.82, 2.24) is 14.1 Å². The summed E-state index contributed by atoms with van der Waals surface area (Å²) in [5, 5.41) is 9.65. The predicted molar refractivity (Wildman–Crippen MR) is 139 cm³/mol. The van der Waals surface area contributed by atoms with Crippen LogP contribution in [0.5, 0.6) is 0 Å². The third-order valence-corrected chi connectivity index (χ3v) is 8.75. The van der Waals surface area contributed by atoms with Gasteiger partial charge in [0.25, 0.3) is 5.91 Å². The van der Waals surface area contributed by atoms with Gasteiger partial charge in [0.2, 0.25) is 10.0 Å². The summed E-state index contributed by atoms with van der Waals surface area (Å²) in [6, 6.07) is 9.77. The highest BCUT2D eigenvalue weighted by Crippen LogP contribution is 2.29. The van der Waals surface area contributed by atoms with Crippen molar-refractivity contribution in [3.63, 3.8) is 0 Å². The van der Waals surface area contributed by atoms with Crippen LogP contribution in [0, 0.1) is 0 Å². The van der Waals surface area contributed by atoms with Crippen molar-refractivity contribution in [1.29, 1.82) is 0 Å². The Bertz CT molecular complexity index is 1230. The van der Waals surface area contributed by atoms with Crippen LogP contribution in [0.4, 0.5) is 10.5 Å². The first-order valence-electron chi connectivity index (χ1n) is 11.0. The van der Waals surface area contributed by atoms with Gasteiger partial charge in [0.1, 0.15) is 0 Å². The SMILES string of the molecule is CCS(=O)(=O)N(Cc1cccc(Cl)c1)C(=O)c1cc(Br)c(CN2CCC(N(C)C(=O)O)C2)cc1N. The summed E-state index contributed by atoms with van der Waals surface area (Å²) in [7, 11) is -2.33. The Labute approximate surface area is 218 Å². The molecule has 2 amide bonds. The summed E-state index contributed by atoms with van der Waals surface area (Å²) in [5.41, 5.74) is 7.86. The molecule has 1 aliphatic heterocycles. The molecule has 0 aromatic heterocycles. The summed E-state index contributed by atoms with van der Waals surface area (Å²) in [4.78, 5) is 28.0. The van der Waals surface area contributed by atoms with Crippen LogP contribution >= 0.6 is 27.5 Å². The van der Waals surface area contributed by atoms with Gasteiger partial charge in [0, 0.05) is 47.9 Å². The Morgan fingerprint density at radius 2 is 2.00 bits per heavy atom. The third-order valence-electron chi connectivity index (χ3n) is 6.08. The first kappa shape index (κ1) is 27.3. The van der Waals surface area contributed by atoms with Gasteiger partial charge in [0.05, 0.1) is 17.9 Å². The molecule has 1 heterocycles. The minimum Gasteiger partial charge on any atom is -0.465 e. The summed E-state index contributed by atoms with van der Waals surface area (Å²) >= 11 is 9.53. The summed E-state index contributed by atoms with van der Waals surface area (Å²) in [6.07, 6.45) is -0.241. The zero-order valence-corrected chi connectivity index (χ0v) is 22.6. The molecule has 3 rings (SSSR count). The molecule has 1 aliphatic rings. The molecule has 1 atom stereocenters. The molecule has 2 aromatic carbocycles. The van der Waals surface area contributed by atoms with Crippen molar-refractivity contribution in [3.8, 4) is 0 Å². The molecular formula is C23H28BrClN4O5S. The number of likely N-dealkylation sites (N-methyl/N-ethyl adjacent to an activating group) is 1. The largest absolute Gasteiger partial charge is 0.465 e. The van der Waals surface area contributed by atoms with Gasteiger partial charge < -0.3 is 15.7 Å². The second-order valence-electron chi connectivity index (χ2n) is 8.44. The number of carboxylic acid groups (broad SMARTS) is 1. The first-order chi connectivity index (χ1) is 16.4. The molecule has 190 valence electrons. The van der Waals surface area contributed by atoms with Crippen LogP contribution < -0.4 is 5.73 Å². The third kappa shape index (κ3) is 6.46. The summed E-state index contributed by atoms with van der Waals surface area (Å²) < 4.78 is 27.0. The first-order valence-corrected chi connectivity index (χ1v) is 13.8. The van der Waals surface area contributed by atoms with Crippen LogP contribution in [0.15, 0.2) is 40.9 Å². The van der Waals surface area contributed by atoms with Gasteiger partial charge in [-0.1, -0.05) is 39.7 Å². The Balaban J connectivity index is 1.83. The van der Waals surface area contributed by atoms with Crippen molar-refractivity contribution in [2.45, 2.75) is 32.5 Å². The van der Waals surface area contributed by atoms with Gasteiger partial charge in [-0.25, -0.2) is 17.5 Å². The molecule has 0 spiro atoms. The lowest BCUT2D eigenvalue weighted by Gasteiger charge is -2.24. The standard InChI is InChI=1S/C23H28BrClN4O5S/c1-3-35(33,34)29(12-15-5-4-6-17(25)9-15)22(30)19-11-20(24)16(10-21(19)26)13-28-8-7-18(14-28)27(2)23(31)32/h4-6,9-11,18H,3,7-8,12-14,26H2,1-2H3,(H,31,32). The van der Waals surface area contributed by atoms with E-state index in [0.29, 0.717) is 28.1 Å². The number of hydrogen-bond donors (Lipinski definition) is 2. The number of hydrogen-bond acceptors (Lipinski definition) is 6. The lowest BCUT2D eigenvalue weighted by atomic mass is 10.1. The molecule has 12 heteroatoms. The molecular weight excluding hydrogens is 560 g/mol. The molecule has 0 aliphatic carbocycles. The quantitative estimate of drug-likeness (QED) is 0.450. The highest BCUT2D eigenvalue weighted by Gasteiger charge is 2.31. The number of carbonyl (C=O) groups excluding carboxylic acids is 1. The smallest absolute Gasteiger partial charge is 0.407 e. The number of nitrogens with zero attached hydrogens (tertiary/aromatic N) is 3. The zero-order chi connectivity index (χ0) is 25.9. The Morgan fingerprint density at radius 3 is 2.63 bits per heavy atom. The fourth-order valence-corrected chi connectivity index (χ4v) is 5.69. The lowest BCUT2D eigenvalue weighted by Crippen LogP contribution is -2.38. The molecule has 1 saturated heterocycles. The molecule has 35 heavy (non-hydrogen) atoms. The van der Waals surface area contributed by atoms with E-state index in [4.69, 9.17) is 17.3 Å². The number of benzene rings is 2. The van der Waals surface area contributed by atoms with Gasteiger partial charge >= 0.3 is 6.09 Å². The maximum absolute atomic E-state index is 13.4. The molecule has 0 bridgehead atoms. The minimum atomic E-state index is -3.89. The number of sulfonamides is 1. The molecule has 1 unspecified atom stereocenters. The van der Waals surface area contributed by atoms with E-state index in [1.54, 1.807) is 43.4 Å². The van der Waals surface area contributed by atoms with E-state index in [0.717, 1.165) is 22.8 Å². The van der Waals surface area contributed by atoms with E-state index in [1.165, 1.54) is 11.8 Å². The lowest BCUT2D eigenvalue weighted by molar-refractivity contribution is 0.0855. The molecule has 0 radical (unpaired) electrons. The van der Waals surface area contributed by atoms with Gasteiger partial charge in [0.15, 0.2) is 0 Å². The fraction of sp³-hybridized carbons (Fsp3) is 0.391. The number of amides is 2. The maximum atomic E-state index is 13.4. The second kappa shape index (κ2) is 11.2. The number of nitrogens with two attached hydrogens (primary N) is 1. The number of halogens is 2. The fourth-order valence-electron chi connectivity index (χ4n) is 4.00. The Kier molecular flexibility index (Phi) is 8.68. The van der Waals surface area contributed by atoms with E-state index < -0.39 is 22.0 Å². The average Bonchev–Trinajstić information content (AvgIpc) is 3.27. The molecule has 3 N–H and O–H groups in total. The molecule has 9 nitrogen and oxygen atoms in total. The predicted octanol–water partition coefficient (Wildman–Crippen LogP) is 3.86. The van der Waals surface area contributed by atoms with Crippen molar-refractivity contribution in [3.05, 3.63) is 62.6 Å². The second-order valence-corrected chi connectivity index (χ2v) is 11.9. The van der Waals surface area contributed by atoms with E-state index in [9.17, 15) is 23.1 Å². The van der Waals surface area contributed by atoms with Crippen LogP contribution in [0.3, 0.4) is 0 Å². The van der Waals surface area contributed by atoms with Gasteiger partial charge in [-0.2, -0.15) is 0 Å². The number of rotatable bonds is 8. The van der Waals surface area contributed by atoms with Gasteiger partial charge in [-0.05, 0) is 48.7 Å². The maximum Gasteiger partial charge on any atom is 0.407 e. The van der Waals surface area contributed by atoms with Crippen LogP contribution in [-0.4, -0.2) is 71.6 Å². The van der Waals surface area contributed by atoms with Crippen LogP contribution in [-0.2, 0) is 23.1 Å². The number of anilines is 1.